The molecule has 2 rings (SSSR count). The largest absolute Gasteiger partial charge is 0.497 e. The normalized spacial score (nSPS) is 11.5. The summed E-state index contributed by atoms with van der Waals surface area (Å²) in [5, 5.41) is 0. The third-order valence-electron chi connectivity index (χ3n) is 3.49. The summed E-state index contributed by atoms with van der Waals surface area (Å²) >= 11 is 0. The molecule has 0 unspecified atom stereocenters. The van der Waals surface area contributed by atoms with Crippen LogP contribution in [0.1, 0.15) is 22.8 Å². The SMILES string of the molecule is COc1cccc(CN(C)S(=O)(=O)c2cccc(C(C)=O)c2)c1. The van der Waals surface area contributed by atoms with Gasteiger partial charge in [-0.2, -0.15) is 4.31 Å². The number of sulfonamides is 1. The molecule has 0 spiro atoms. The van der Waals surface area contributed by atoms with Gasteiger partial charge >= 0.3 is 0 Å². The van der Waals surface area contributed by atoms with Crippen molar-refractivity contribution in [1.29, 1.82) is 0 Å². The Labute approximate surface area is 136 Å². The Kier molecular flexibility index (Phi) is 5.18. The number of carbonyl (C=O) groups is 1. The van der Waals surface area contributed by atoms with E-state index < -0.39 is 10.0 Å². The van der Waals surface area contributed by atoms with Crippen molar-refractivity contribution in [3.8, 4) is 5.75 Å². The monoisotopic (exact) mass is 333 g/mol. The number of benzene rings is 2. The minimum absolute atomic E-state index is 0.107. The van der Waals surface area contributed by atoms with Gasteiger partial charge in [-0.1, -0.05) is 24.3 Å². The van der Waals surface area contributed by atoms with Crippen molar-refractivity contribution >= 4 is 15.8 Å². The highest BCUT2D eigenvalue weighted by Gasteiger charge is 2.21. The lowest BCUT2D eigenvalue weighted by Crippen LogP contribution is -2.26. The minimum Gasteiger partial charge on any atom is -0.497 e. The van der Waals surface area contributed by atoms with E-state index in [4.69, 9.17) is 4.74 Å². The summed E-state index contributed by atoms with van der Waals surface area (Å²) in [7, 11) is -0.601. The number of Topliss-reactive ketones (excluding diaryl/α,β-unsaturated/α-hetero) is 1. The highest BCUT2D eigenvalue weighted by Crippen LogP contribution is 2.20. The van der Waals surface area contributed by atoms with E-state index in [-0.39, 0.29) is 17.2 Å². The molecule has 0 fully saturated rings. The molecule has 2 aromatic carbocycles. The fourth-order valence-corrected chi connectivity index (χ4v) is 3.37. The van der Waals surface area contributed by atoms with E-state index in [9.17, 15) is 13.2 Å². The van der Waals surface area contributed by atoms with Crippen molar-refractivity contribution < 1.29 is 17.9 Å². The average Bonchev–Trinajstić information content (AvgIpc) is 2.55. The Balaban J connectivity index is 2.28. The van der Waals surface area contributed by atoms with Crippen LogP contribution in [0.5, 0.6) is 5.75 Å². The summed E-state index contributed by atoms with van der Waals surface area (Å²) in [5.74, 6) is 0.504. The predicted molar refractivity (Wildman–Crippen MR) is 88.1 cm³/mol. The Morgan fingerprint density at radius 1 is 1.13 bits per heavy atom. The maximum atomic E-state index is 12.6. The number of methoxy groups -OCH3 is 1. The molecular formula is C17H19NO4S. The van der Waals surface area contributed by atoms with E-state index in [0.717, 1.165) is 5.56 Å². The van der Waals surface area contributed by atoms with Gasteiger partial charge in [0.1, 0.15) is 5.75 Å². The van der Waals surface area contributed by atoms with Crippen molar-refractivity contribution in [3.05, 3.63) is 59.7 Å². The summed E-state index contributed by atoms with van der Waals surface area (Å²) in [6.07, 6.45) is 0. The van der Waals surface area contributed by atoms with Gasteiger partial charge in [0.25, 0.3) is 0 Å². The van der Waals surface area contributed by atoms with Gasteiger partial charge in [-0.3, -0.25) is 4.79 Å². The molecule has 0 amide bonds. The van der Waals surface area contributed by atoms with Gasteiger partial charge < -0.3 is 4.74 Å². The van der Waals surface area contributed by atoms with E-state index in [0.29, 0.717) is 11.3 Å². The molecule has 0 radical (unpaired) electrons. The zero-order chi connectivity index (χ0) is 17.0. The van der Waals surface area contributed by atoms with Crippen LogP contribution < -0.4 is 4.74 Å². The molecule has 5 nitrogen and oxygen atoms in total. The predicted octanol–water partition coefficient (Wildman–Crippen LogP) is 2.72. The van der Waals surface area contributed by atoms with Crippen molar-refractivity contribution in [2.24, 2.45) is 0 Å². The van der Waals surface area contributed by atoms with Crippen molar-refractivity contribution in [2.45, 2.75) is 18.4 Å². The van der Waals surface area contributed by atoms with Gasteiger partial charge in [-0.15, -0.1) is 0 Å². The van der Waals surface area contributed by atoms with Crippen LogP contribution in [0.15, 0.2) is 53.4 Å². The second-order valence-corrected chi connectivity index (χ2v) is 7.24. The van der Waals surface area contributed by atoms with E-state index in [2.05, 4.69) is 0 Å². The third kappa shape index (κ3) is 3.97. The molecule has 122 valence electrons. The molecule has 23 heavy (non-hydrogen) atoms. The molecule has 0 aliphatic rings. The zero-order valence-corrected chi connectivity index (χ0v) is 14.1. The van der Waals surface area contributed by atoms with Gasteiger partial charge in [0, 0.05) is 19.2 Å². The standard InChI is InChI=1S/C17H19NO4S/c1-13(19)15-7-5-9-17(11-15)23(20,21)18(2)12-14-6-4-8-16(10-14)22-3/h4-11H,12H2,1-3H3. The van der Waals surface area contributed by atoms with Crippen LogP contribution in [0.2, 0.25) is 0 Å². The van der Waals surface area contributed by atoms with E-state index in [1.54, 1.807) is 31.4 Å². The highest BCUT2D eigenvalue weighted by atomic mass is 32.2. The van der Waals surface area contributed by atoms with E-state index in [1.165, 1.54) is 30.4 Å². The second kappa shape index (κ2) is 6.93. The highest BCUT2D eigenvalue weighted by molar-refractivity contribution is 7.89. The quantitative estimate of drug-likeness (QED) is 0.763. The van der Waals surface area contributed by atoms with Crippen molar-refractivity contribution in [3.63, 3.8) is 0 Å². The molecule has 0 aliphatic heterocycles. The van der Waals surface area contributed by atoms with Gasteiger partial charge in [0.15, 0.2) is 5.78 Å². The maximum absolute atomic E-state index is 12.6. The smallest absolute Gasteiger partial charge is 0.243 e. The lowest BCUT2D eigenvalue weighted by molar-refractivity contribution is 0.101. The van der Waals surface area contributed by atoms with Crippen LogP contribution in [-0.4, -0.2) is 32.7 Å². The third-order valence-corrected chi connectivity index (χ3v) is 5.29. The Morgan fingerprint density at radius 3 is 2.48 bits per heavy atom. The zero-order valence-electron chi connectivity index (χ0n) is 13.3. The molecule has 0 saturated heterocycles. The summed E-state index contributed by atoms with van der Waals surface area (Å²) < 4.78 is 31.7. The van der Waals surface area contributed by atoms with E-state index >= 15 is 0 Å². The fourth-order valence-electron chi connectivity index (χ4n) is 2.17. The lowest BCUT2D eigenvalue weighted by atomic mass is 10.2. The lowest BCUT2D eigenvalue weighted by Gasteiger charge is -2.18. The number of ether oxygens (including phenoxy) is 1. The minimum atomic E-state index is -3.67. The van der Waals surface area contributed by atoms with Gasteiger partial charge in [-0.05, 0) is 36.8 Å². The van der Waals surface area contributed by atoms with Crippen molar-refractivity contribution in [1.82, 2.24) is 4.31 Å². The molecule has 2 aromatic rings. The summed E-state index contributed by atoms with van der Waals surface area (Å²) in [6, 6.07) is 13.3. The van der Waals surface area contributed by atoms with Gasteiger partial charge in [0.2, 0.25) is 10.0 Å². The van der Waals surface area contributed by atoms with Crippen LogP contribution in [-0.2, 0) is 16.6 Å². The molecule has 0 N–H and O–H groups in total. The molecule has 0 heterocycles. The average molecular weight is 333 g/mol. The van der Waals surface area contributed by atoms with Gasteiger partial charge in [-0.25, -0.2) is 8.42 Å². The van der Waals surface area contributed by atoms with Crippen LogP contribution in [0.25, 0.3) is 0 Å². The fraction of sp³-hybridized carbons (Fsp3) is 0.235. The van der Waals surface area contributed by atoms with Crippen LogP contribution >= 0.6 is 0 Å². The molecular weight excluding hydrogens is 314 g/mol. The second-order valence-electron chi connectivity index (χ2n) is 5.20. The first kappa shape index (κ1) is 17.2. The molecule has 0 atom stereocenters. The molecule has 0 aliphatic carbocycles. The summed E-state index contributed by atoms with van der Waals surface area (Å²) in [4.78, 5) is 11.5. The Hall–Kier alpha value is -2.18. The number of nitrogens with zero attached hydrogens (tertiary/aromatic N) is 1. The Bertz CT molecular complexity index is 815. The summed E-state index contributed by atoms with van der Waals surface area (Å²) in [5.41, 5.74) is 1.19. The first-order chi connectivity index (χ1) is 10.8. The molecule has 0 saturated carbocycles. The van der Waals surface area contributed by atoms with Gasteiger partial charge in [0.05, 0.1) is 12.0 Å². The van der Waals surface area contributed by atoms with Crippen LogP contribution in [0, 0.1) is 0 Å². The molecule has 6 heteroatoms. The summed E-state index contributed by atoms with van der Waals surface area (Å²) in [6.45, 7) is 1.62. The van der Waals surface area contributed by atoms with Crippen LogP contribution in [0.4, 0.5) is 0 Å². The topological polar surface area (TPSA) is 63.7 Å². The Morgan fingerprint density at radius 2 is 1.83 bits per heavy atom. The number of carbonyl (C=O) groups excluding carboxylic acids is 1. The first-order valence-corrected chi connectivity index (χ1v) is 8.49. The first-order valence-electron chi connectivity index (χ1n) is 7.05. The van der Waals surface area contributed by atoms with E-state index in [1.807, 2.05) is 12.1 Å². The molecule has 0 aromatic heterocycles. The number of hydrogen-bond acceptors (Lipinski definition) is 4. The maximum Gasteiger partial charge on any atom is 0.243 e. The number of hydrogen-bond donors (Lipinski definition) is 0. The van der Waals surface area contributed by atoms with Crippen molar-refractivity contribution in [2.75, 3.05) is 14.2 Å². The molecule has 0 bridgehead atoms. The number of ketones is 1. The number of rotatable bonds is 6. The van der Waals surface area contributed by atoms with Crippen LogP contribution in [0.3, 0.4) is 0 Å².